The zero-order valence-corrected chi connectivity index (χ0v) is 27.5. The first kappa shape index (κ1) is 28.0. The summed E-state index contributed by atoms with van der Waals surface area (Å²) >= 11 is 0. The Bertz CT molecular complexity index is 3060. The first-order valence-corrected chi connectivity index (χ1v) is 17.3. The van der Waals surface area contributed by atoms with E-state index in [-0.39, 0.29) is 0 Å². The predicted molar refractivity (Wildman–Crippen MR) is 214 cm³/mol. The molecule has 11 rings (SSSR count). The van der Waals surface area contributed by atoms with Crippen LogP contribution in [0.2, 0.25) is 0 Å². The lowest BCUT2D eigenvalue weighted by Crippen LogP contribution is -2.10. The minimum absolute atomic E-state index is 0.830. The van der Waals surface area contributed by atoms with Crippen molar-refractivity contribution >= 4 is 93.3 Å². The van der Waals surface area contributed by atoms with Gasteiger partial charge in [-0.05, 0) is 104 Å². The van der Waals surface area contributed by atoms with Gasteiger partial charge < -0.3 is 13.7 Å². The largest absolute Gasteiger partial charge is 0.456 e. The summed E-state index contributed by atoms with van der Waals surface area (Å²) in [5.41, 5.74) is 8.72. The van der Waals surface area contributed by atoms with Crippen molar-refractivity contribution in [1.29, 1.82) is 0 Å². The molecule has 0 radical (unpaired) electrons. The summed E-state index contributed by atoms with van der Waals surface area (Å²) in [5, 5.41) is 11.8. The highest BCUT2D eigenvalue weighted by molar-refractivity contribution is 6.28. The molecule has 0 N–H and O–H groups in total. The highest BCUT2D eigenvalue weighted by atomic mass is 16.3. The molecule has 0 saturated carbocycles. The molecule has 0 saturated heterocycles. The normalized spacial score (nSPS) is 11.9. The van der Waals surface area contributed by atoms with E-state index in [9.17, 15) is 0 Å². The molecule has 0 unspecified atom stereocenters. The van der Waals surface area contributed by atoms with Gasteiger partial charge in [-0.2, -0.15) is 0 Å². The maximum atomic E-state index is 6.92. The Kier molecular flexibility index (Phi) is 5.96. The van der Waals surface area contributed by atoms with Gasteiger partial charge >= 0.3 is 0 Å². The van der Waals surface area contributed by atoms with Crippen molar-refractivity contribution in [1.82, 2.24) is 0 Å². The van der Waals surface area contributed by atoms with E-state index in [0.717, 1.165) is 72.1 Å². The lowest BCUT2D eigenvalue weighted by Gasteiger charge is -2.26. The van der Waals surface area contributed by atoms with Gasteiger partial charge in [0.2, 0.25) is 0 Å². The molecule has 0 aliphatic heterocycles. The molecule has 2 aromatic heterocycles. The number of hydrogen-bond acceptors (Lipinski definition) is 3. The first-order chi connectivity index (χ1) is 25.3. The van der Waals surface area contributed by atoms with Crippen molar-refractivity contribution in [3.8, 4) is 11.1 Å². The summed E-state index contributed by atoms with van der Waals surface area (Å²) in [6.45, 7) is 0. The second-order valence-corrected chi connectivity index (χ2v) is 13.2. The molecule has 238 valence electrons. The van der Waals surface area contributed by atoms with Crippen LogP contribution in [0, 0.1) is 0 Å². The number of para-hydroxylation sites is 3. The van der Waals surface area contributed by atoms with Crippen molar-refractivity contribution in [3.63, 3.8) is 0 Å². The minimum Gasteiger partial charge on any atom is -0.456 e. The van der Waals surface area contributed by atoms with Crippen molar-refractivity contribution in [2.45, 2.75) is 0 Å². The fourth-order valence-electron chi connectivity index (χ4n) is 8.17. The predicted octanol–water partition coefficient (Wildman–Crippen LogP) is 14.1. The monoisotopic (exact) mass is 651 g/mol. The van der Waals surface area contributed by atoms with Crippen LogP contribution in [0.3, 0.4) is 0 Å². The number of benzene rings is 9. The van der Waals surface area contributed by atoms with E-state index in [4.69, 9.17) is 8.83 Å². The van der Waals surface area contributed by atoms with Crippen LogP contribution in [0.5, 0.6) is 0 Å². The van der Waals surface area contributed by atoms with E-state index < -0.39 is 0 Å². The number of rotatable bonds is 4. The SMILES string of the molecule is c1ccc(N(c2ccccc2)c2cc(-c3ccc4c5ccccc5c5ccccc5c4c3)cc3c2oc2ccc4oc5ccccc5c4c23)cc1. The molecule has 11 aromatic rings. The molecule has 0 fully saturated rings. The van der Waals surface area contributed by atoms with Crippen LogP contribution in [0.1, 0.15) is 0 Å². The molecule has 0 aliphatic carbocycles. The topological polar surface area (TPSA) is 29.5 Å². The zero-order valence-electron chi connectivity index (χ0n) is 27.5. The standard InChI is InChI=1S/C48H29NO2/c1-3-13-32(14-4-1)49(33-15-5-2-6-16-33)42-29-31(28-41-47-45(51-48(41)42)26-25-44-46(47)39-21-11-12-22-43(39)50-44)30-23-24-38-36-19-8-7-17-34(36)35-18-9-10-20-37(35)40(38)27-30/h1-29H. The summed E-state index contributed by atoms with van der Waals surface area (Å²) in [5.74, 6) is 0. The summed E-state index contributed by atoms with van der Waals surface area (Å²) in [4.78, 5) is 2.31. The third kappa shape index (κ3) is 4.19. The Balaban J connectivity index is 1.28. The van der Waals surface area contributed by atoms with Gasteiger partial charge in [-0.25, -0.2) is 0 Å². The Morgan fingerprint density at radius 2 is 0.804 bits per heavy atom. The van der Waals surface area contributed by atoms with E-state index >= 15 is 0 Å². The number of furan rings is 2. The number of hydrogen-bond donors (Lipinski definition) is 0. The van der Waals surface area contributed by atoms with E-state index in [2.05, 4.69) is 157 Å². The van der Waals surface area contributed by atoms with Crippen molar-refractivity contribution < 1.29 is 8.83 Å². The van der Waals surface area contributed by atoms with Crippen LogP contribution in [0.25, 0.3) is 87.3 Å². The Labute approximate surface area is 293 Å². The molecule has 3 nitrogen and oxygen atoms in total. The van der Waals surface area contributed by atoms with Gasteiger partial charge in [-0.1, -0.05) is 115 Å². The third-order valence-corrected chi connectivity index (χ3v) is 10.4. The maximum Gasteiger partial charge on any atom is 0.159 e. The molecule has 3 heteroatoms. The summed E-state index contributed by atoms with van der Waals surface area (Å²) in [6, 6.07) is 62.5. The van der Waals surface area contributed by atoms with E-state index in [1.54, 1.807) is 0 Å². The number of anilines is 3. The van der Waals surface area contributed by atoms with Crippen molar-refractivity contribution in [3.05, 3.63) is 176 Å². The molecule has 0 bridgehead atoms. The van der Waals surface area contributed by atoms with Crippen LogP contribution in [0.15, 0.2) is 185 Å². The van der Waals surface area contributed by atoms with Gasteiger partial charge in [0.1, 0.15) is 16.7 Å². The highest BCUT2D eigenvalue weighted by Crippen LogP contribution is 2.48. The lowest BCUT2D eigenvalue weighted by molar-refractivity contribution is 0.663. The quantitative estimate of drug-likeness (QED) is 0.177. The van der Waals surface area contributed by atoms with Crippen LogP contribution in [-0.4, -0.2) is 0 Å². The fraction of sp³-hybridized carbons (Fsp3) is 0. The van der Waals surface area contributed by atoms with Crippen LogP contribution in [-0.2, 0) is 0 Å². The van der Waals surface area contributed by atoms with Gasteiger partial charge in [0.15, 0.2) is 5.58 Å². The fourth-order valence-corrected chi connectivity index (χ4v) is 8.17. The zero-order chi connectivity index (χ0) is 33.5. The highest BCUT2D eigenvalue weighted by Gasteiger charge is 2.24. The smallest absolute Gasteiger partial charge is 0.159 e. The van der Waals surface area contributed by atoms with Crippen molar-refractivity contribution in [2.24, 2.45) is 0 Å². The molecule has 9 aromatic carbocycles. The second kappa shape index (κ2) is 10.8. The number of fused-ring (bicyclic) bond motifs is 13. The third-order valence-electron chi connectivity index (χ3n) is 10.4. The average molecular weight is 652 g/mol. The maximum absolute atomic E-state index is 6.92. The molecule has 0 atom stereocenters. The van der Waals surface area contributed by atoms with E-state index in [0.29, 0.717) is 0 Å². The second-order valence-electron chi connectivity index (χ2n) is 13.2. The van der Waals surface area contributed by atoms with Gasteiger partial charge in [0.05, 0.1) is 5.69 Å². The van der Waals surface area contributed by atoms with Crippen LogP contribution < -0.4 is 4.90 Å². The molecular formula is C48H29NO2. The molecule has 0 aliphatic rings. The Morgan fingerprint density at radius 3 is 1.45 bits per heavy atom. The first-order valence-electron chi connectivity index (χ1n) is 17.3. The molecule has 0 spiro atoms. The Morgan fingerprint density at radius 1 is 0.314 bits per heavy atom. The summed E-state index contributed by atoms with van der Waals surface area (Å²) in [7, 11) is 0. The molecule has 0 amide bonds. The van der Waals surface area contributed by atoms with Gasteiger partial charge in [0, 0.05) is 32.9 Å². The van der Waals surface area contributed by atoms with Gasteiger partial charge in [-0.3, -0.25) is 0 Å². The molecular weight excluding hydrogens is 623 g/mol. The van der Waals surface area contributed by atoms with Crippen LogP contribution in [0.4, 0.5) is 17.1 Å². The summed E-state index contributed by atoms with van der Waals surface area (Å²) in [6.07, 6.45) is 0. The Hall–Kier alpha value is -6.84. The van der Waals surface area contributed by atoms with Gasteiger partial charge in [0.25, 0.3) is 0 Å². The van der Waals surface area contributed by atoms with E-state index in [1.807, 2.05) is 24.3 Å². The van der Waals surface area contributed by atoms with E-state index in [1.165, 1.54) is 32.3 Å². The van der Waals surface area contributed by atoms with Crippen LogP contribution >= 0.6 is 0 Å². The van der Waals surface area contributed by atoms with Gasteiger partial charge in [-0.15, -0.1) is 0 Å². The average Bonchev–Trinajstić information content (AvgIpc) is 3.77. The molecule has 2 heterocycles. The summed E-state index contributed by atoms with van der Waals surface area (Å²) < 4.78 is 13.3. The number of nitrogens with zero attached hydrogens (tertiary/aromatic N) is 1. The minimum atomic E-state index is 0.830. The lowest BCUT2D eigenvalue weighted by atomic mass is 9.91. The van der Waals surface area contributed by atoms with Crippen molar-refractivity contribution in [2.75, 3.05) is 4.90 Å². The molecule has 51 heavy (non-hydrogen) atoms.